The second-order valence-electron chi connectivity index (χ2n) is 6.22. The lowest BCUT2D eigenvalue weighted by atomic mass is 9.85. The second-order valence-corrected chi connectivity index (χ2v) is 6.22. The monoisotopic (exact) mass is 297 g/mol. The van der Waals surface area contributed by atoms with Crippen molar-refractivity contribution in [2.24, 2.45) is 11.8 Å². The van der Waals surface area contributed by atoms with Crippen LogP contribution in [0.1, 0.15) is 33.1 Å². The van der Waals surface area contributed by atoms with Crippen molar-refractivity contribution in [1.29, 1.82) is 0 Å². The number of nitrogens with zero attached hydrogens (tertiary/aromatic N) is 1. The topological polar surface area (TPSA) is 98.7 Å². The third-order valence-corrected chi connectivity index (χ3v) is 4.32. The smallest absolute Gasteiger partial charge is 0.326 e. The van der Waals surface area contributed by atoms with Crippen LogP contribution in [0.4, 0.5) is 4.79 Å². The Balaban J connectivity index is 1.92. The third kappa shape index (κ3) is 3.65. The summed E-state index contributed by atoms with van der Waals surface area (Å²) in [5.41, 5.74) is 0. The number of carboxylic acids is 1. The van der Waals surface area contributed by atoms with E-state index in [0.29, 0.717) is 19.5 Å². The van der Waals surface area contributed by atoms with E-state index in [-0.39, 0.29) is 29.8 Å². The second kappa shape index (κ2) is 6.32. The fourth-order valence-electron chi connectivity index (χ4n) is 3.03. The molecular weight excluding hydrogens is 274 g/mol. The van der Waals surface area contributed by atoms with Crippen LogP contribution in [0, 0.1) is 11.8 Å². The van der Waals surface area contributed by atoms with Gasteiger partial charge in [-0.05, 0) is 24.7 Å². The maximum atomic E-state index is 12.2. The molecule has 0 radical (unpaired) electrons. The van der Waals surface area contributed by atoms with E-state index in [0.717, 1.165) is 12.8 Å². The summed E-state index contributed by atoms with van der Waals surface area (Å²) in [6.07, 6.45) is 2.01. The van der Waals surface area contributed by atoms with Crippen LogP contribution in [0.5, 0.6) is 0 Å². The van der Waals surface area contributed by atoms with E-state index in [2.05, 4.69) is 10.6 Å². The van der Waals surface area contributed by atoms with Crippen LogP contribution < -0.4 is 10.6 Å². The Kier molecular flexibility index (Phi) is 4.69. The van der Waals surface area contributed by atoms with Gasteiger partial charge in [0, 0.05) is 25.6 Å². The van der Waals surface area contributed by atoms with Crippen molar-refractivity contribution in [3.8, 4) is 0 Å². The Hall–Kier alpha value is -1.79. The molecule has 3 amide bonds. The number of hydrogen-bond acceptors (Lipinski definition) is 3. The molecule has 21 heavy (non-hydrogen) atoms. The van der Waals surface area contributed by atoms with Crippen molar-refractivity contribution in [1.82, 2.24) is 15.5 Å². The van der Waals surface area contributed by atoms with Crippen LogP contribution in [0.3, 0.4) is 0 Å². The third-order valence-electron chi connectivity index (χ3n) is 4.32. The number of aliphatic carboxylic acids is 1. The Bertz CT molecular complexity index is 438. The predicted molar refractivity (Wildman–Crippen MR) is 75.6 cm³/mol. The van der Waals surface area contributed by atoms with Gasteiger partial charge in [-0.3, -0.25) is 4.79 Å². The molecule has 2 rings (SSSR count). The van der Waals surface area contributed by atoms with Crippen LogP contribution in [0.25, 0.3) is 0 Å². The molecule has 2 heterocycles. The van der Waals surface area contributed by atoms with Gasteiger partial charge in [-0.15, -0.1) is 0 Å². The zero-order valence-corrected chi connectivity index (χ0v) is 12.5. The lowest BCUT2D eigenvalue weighted by molar-refractivity contribution is -0.140. The number of likely N-dealkylation sites (tertiary alicyclic amines) is 1. The Morgan fingerprint density at radius 1 is 1.38 bits per heavy atom. The number of carbonyl (C=O) groups excluding carboxylic acids is 2. The summed E-state index contributed by atoms with van der Waals surface area (Å²) >= 11 is 0. The molecule has 0 bridgehead atoms. The number of hydrogen-bond donors (Lipinski definition) is 3. The molecule has 2 aliphatic rings. The van der Waals surface area contributed by atoms with Crippen LogP contribution in [0.15, 0.2) is 0 Å². The van der Waals surface area contributed by atoms with E-state index < -0.39 is 12.0 Å². The molecule has 2 saturated heterocycles. The SMILES string of the molecule is CC(C)[C@@H](NC(=O)N1CCC2NC(=O)CCC2C1)C(=O)O. The van der Waals surface area contributed by atoms with Crippen molar-refractivity contribution in [3.63, 3.8) is 0 Å². The van der Waals surface area contributed by atoms with Gasteiger partial charge in [-0.1, -0.05) is 13.8 Å². The molecule has 3 N–H and O–H groups in total. The van der Waals surface area contributed by atoms with Gasteiger partial charge in [0.1, 0.15) is 6.04 Å². The fraction of sp³-hybridized carbons (Fsp3) is 0.786. The molecule has 7 heteroatoms. The van der Waals surface area contributed by atoms with Gasteiger partial charge in [0.15, 0.2) is 0 Å². The highest BCUT2D eigenvalue weighted by Crippen LogP contribution is 2.25. The fourth-order valence-corrected chi connectivity index (χ4v) is 3.03. The van der Waals surface area contributed by atoms with Gasteiger partial charge in [-0.25, -0.2) is 9.59 Å². The van der Waals surface area contributed by atoms with Gasteiger partial charge < -0.3 is 20.6 Å². The van der Waals surface area contributed by atoms with Crippen molar-refractivity contribution >= 4 is 17.9 Å². The number of amides is 3. The first-order valence-corrected chi connectivity index (χ1v) is 7.46. The molecule has 0 aromatic rings. The minimum absolute atomic E-state index is 0.0832. The highest BCUT2D eigenvalue weighted by molar-refractivity contribution is 5.83. The van der Waals surface area contributed by atoms with Crippen molar-refractivity contribution < 1.29 is 19.5 Å². The van der Waals surface area contributed by atoms with Gasteiger partial charge in [-0.2, -0.15) is 0 Å². The predicted octanol–water partition coefficient (Wildman–Crippen LogP) is 0.406. The molecule has 0 spiro atoms. The van der Waals surface area contributed by atoms with Crippen LogP contribution in [-0.4, -0.2) is 53.1 Å². The summed E-state index contributed by atoms with van der Waals surface area (Å²) < 4.78 is 0. The number of urea groups is 1. The van der Waals surface area contributed by atoms with Gasteiger partial charge in [0.25, 0.3) is 0 Å². The number of nitrogens with one attached hydrogen (secondary N) is 2. The highest BCUT2D eigenvalue weighted by Gasteiger charge is 2.36. The van der Waals surface area contributed by atoms with Crippen LogP contribution >= 0.6 is 0 Å². The molecule has 118 valence electrons. The molecule has 3 atom stereocenters. The highest BCUT2D eigenvalue weighted by atomic mass is 16.4. The first kappa shape index (κ1) is 15.6. The minimum atomic E-state index is -1.02. The van der Waals surface area contributed by atoms with Crippen molar-refractivity contribution in [2.75, 3.05) is 13.1 Å². The lowest BCUT2D eigenvalue weighted by Gasteiger charge is -2.41. The number of carboxylic acid groups (broad SMARTS) is 1. The summed E-state index contributed by atoms with van der Waals surface area (Å²) in [5.74, 6) is -0.833. The first-order chi connectivity index (χ1) is 9.88. The largest absolute Gasteiger partial charge is 0.480 e. The summed E-state index contributed by atoms with van der Waals surface area (Å²) in [6.45, 7) is 4.64. The molecule has 2 aliphatic heterocycles. The minimum Gasteiger partial charge on any atom is -0.480 e. The maximum Gasteiger partial charge on any atom is 0.326 e. The maximum absolute atomic E-state index is 12.2. The molecule has 2 unspecified atom stereocenters. The van der Waals surface area contributed by atoms with Crippen molar-refractivity contribution in [2.45, 2.75) is 45.2 Å². The first-order valence-electron chi connectivity index (χ1n) is 7.46. The van der Waals surface area contributed by atoms with E-state index in [9.17, 15) is 14.4 Å². The van der Waals surface area contributed by atoms with Crippen LogP contribution in [-0.2, 0) is 9.59 Å². The quantitative estimate of drug-likeness (QED) is 0.702. The van der Waals surface area contributed by atoms with E-state index >= 15 is 0 Å². The van der Waals surface area contributed by atoms with E-state index in [1.165, 1.54) is 0 Å². The summed E-state index contributed by atoms with van der Waals surface area (Å²) in [6, 6.07) is -1.05. The van der Waals surface area contributed by atoms with E-state index in [4.69, 9.17) is 5.11 Å². The molecule has 7 nitrogen and oxygen atoms in total. The Morgan fingerprint density at radius 2 is 2.10 bits per heavy atom. The summed E-state index contributed by atoms with van der Waals surface area (Å²) in [4.78, 5) is 36.4. The van der Waals surface area contributed by atoms with Crippen molar-refractivity contribution in [3.05, 3.63) is 0 Å². The number of rotatable bonds is 3. The summed E-state index contributed by atoms with van der Waals surface area (Å²) in [7, 11) is 0. The zero-order chi connectivity index (χ0) is 15.6. The van der Waals surface area contributed by atoms with Gasteiger partial charge in [0.2, 0.25) is 5.91 Å². The number of piperidine rings is 2. The molecule has 0 aromatic carbocycles. The molecule has 0 aliphatic carbocycles. The average Bonchev–Trinajstić information content (AvgIpc) is 2.43. The number of carbonyl (C=O) groups is 3. The van der Waals surface area contributed by atoms with Gasteiger partial charge in [0.05, 0.1) is 0 Å². The van der Waals surface area contributed by atoms with Crippen LogP contribution in [0.2, 0.25) is 0 Å². The Morgan fingerprint density at radius 3 is 2.71 bits per heavy atom. The number of fused-ring (bicyclic) bond motifs is 1. The van der Waals surface area contributed by atoms with Gasteiger partial charge >= 0.3 is 12.0 Å². The zero-order valence-electron chi connectivity index (χ0n) is 12.5. The molecular formula is C14H23N3O4. The Labute approximate surface area is 124 Å². The normalized spacial score (nSPS) is 26.8. The molecule has 2 fully saturated rings. The standard InChI is InChI=1S/C14H23N3O4/c1-8(2)12(13(19)20)16-14(21)17-6-5-10-9(7-17)3-4-11(18)15-10/h8-10,12H,3-7H2,1-2H3,(H,15,18)(H,16,21)(H,19,20)/t9?,10?,12-/m1/s1. The molecule has 0 aromatic heterocycles. The lowest BCUT2D eigenvalue weighted by Crippen LogP contribution is -2.58. The van der Waals surface area contributed by atoms with E-state index in [1.807, 2.05) is 0 Å². The summed E-state index contributed by atoms with van der Waals surface area (Å²) in [5, 5.41) is 14.7. The van der Waals surface area contributed by atoms with E-state index in [1.54, 1.807) is 18.7 Å². The molecule has 0 saturated carbocycles. The average molecular weight is 297 g/mol.